The van der Waals surface area contributed by atoms with Gasteiger partial charge in [-0.2, -0.15) is 4.68 Å². The summed E-state index contributed by atoms with van der Waals surface area (Å²) < 4.78 is 1.45. The zero-order chi connectivity index (χ0) is 20.5. The Morgan fingerprint density at radius 2 is 1.79 bits per heavy atom. The summed E-state index contributed by atoms with van der Waals surface area (Å²) in [4.78, 5) is 35.4. The number of nitrogens with one attached hydrogen (secondary N) is 1. The Balaban J connectivity index is 1.45. The summed E-state index contributed by atoms with van der Waals surface area (Å²) in [6.45, 7) is 8.66. The molecular weight excluding hydrogens is 386 g/mol. The SMILES string of the molecule is Cc1nc(-n2[nH]c(C)c(CC(=O)N3CCN(c4ccccc4)CC3)c2=O)sc1C. The van der Waals surface area contributed by atoms with Crippen LogP contribution in [-0.4, -0.2) is 51.8 Å². The van der Waals surface area contributed by atoms with Crippen LogP contribution >= 0.6 is 11.3 Å². The van der Waals surface area contributed by atoms with E-state index in [9.17, 15) is 9.59 Å². The Morgan fingerprint density at radius 1 is 1.10 bits per heavy atom. The molecule has 3 aromatic rings. The summed E-state index contributed by atoms with van der Waals surface area (Å²) >= 11 is 1.47. The molecule has 29 heavy (non-hydrogen) atoms. The number of para-hydroxylation sites is 1. The van der Waals surface area contributed by atoms with Crippen LogP contribution in [0.2, 0.25) is 0 Å². The number of hydrogen-bond acceptors (Lipinski definition) is 5. The summed E-state index contributed by atoms with van der Waals surface area (Å²) in [7, 11) is 0. The summed E-state index contributed by atoms with van der Waals surface area (Å²) in [5.41, 5.74) is 3.14. The maximum Gasteiger partial charge on any atom is 0.277 e. The standard InChI is InChI=1S/C21H25N5O2S/c1-14-16(3)29-21(22-14)26-20(28)18(15(2)23-26)13-19(27)25-11-9-24(10-12-25)17-7-5-4-6-8-17/h4-8,23H,9-13H2,1-3H3. The molecular formula is C21H25N5O2S. The topological polar surface area (TPSA) is 74.2 Å². The lowest BCUT2D eigenvalue weighted by Crippen LogP contribution is -2.49. The van der Waals surface area contributed by atoms with Crippen molar-refractivity contribution >= 4 is 22.9 Å². The van der Waals surface area contributed by atoms with E-state index in [0.717, 1.165) is 29.4 Å². The number of piperazine rings is 1. The molecule has 0 spiro atoms. The first-order chi connectivity index (χ1) is 13.9. The first kappa shape index (κ1) is 19.4. The van der Waals surface area contributed by atoms with Crippen molar-refractivity contribution < 1.29 is 4.79 Å². The number of carbonyl (C=O) groups excluding carboxylic acids is 1. The lowest BCUT2D eigenvalue weighted by atomic mass is 10.1. The number of benzene rings is 1. The van der Waals surface area contributed by atoms with Crippen LogP contribution < -0.4 is 10.5 Å². The number of anilines is 1. The molecule has 2 aromatic heterocycles. The molecule has 4 rings (SSSR count). The number of aryl methyl sites for hydroxylation is 3. The monoisotopic (exact) mass is 411 g/mol. The van der Waals surface area contributed by atoms with Gasteiger partial charge in [0.25, 0.3) is 5.56 Å². The fourth-order valence-electron chi connectivity index (χ4n) is 3.59. The van der Waals surface area contributed by atoms with Gasteiger partial charge in [0, 0.05) is 48.0 Å². The third-order valence-corrected chi connectivity index (χ3v) is 6.54. The molecule has 0 unspecified atom stereocenters. The van der Waals surface area contributed by atoms with Crippen molar-refractivity contribution in [2.75, 3.05) is 31.1 Å². The predicted octanol–water partition coefficient (Wildman–Crippen LogP) is 2.44. The van der Waals surface area contributed by atoms with Crippen LogP contribution in [0.4, 0.5) is 5.69 Å². The van der Waals surface area contributed by atoms with Crippen molar-refractivity contribution in [3.05, 3.63) is 62.5 Å². The molecule has 8 heteroatoms. The molecule has 0 aliphatic carbocycles. The van der Waals surface area contributed by atoms with Gasteiger partial charge in [0.05, 0.1) is 12.1 Å². The lowest BCUT2D eigenvalue weighted by molar-refractivity contribution is -0.130. The maximum absolute atomic E-state index is 12.9. The third kappa shape index (κ3) is 3.85. The molecule has 1 aliphatic heterocycles. The Kier molecular flexibility index (Phi) is 5.27. The van der Waals surface area contributed by atoms with Gasteiger partial charge < -0.3 is 9.80 Å². The van der Waals surface area contributed by atoms with E-state index >= 15 is 0 Å². The van der Waals surface area contributed by atoms with Crippen molar-refractivity contribution in [2.45, 2.75) is 27.2 Å². The van der Waals surface area contributed by atoms with E-state index in [2.05, 4.69) is 27.1 Å². The average Bonchev–Trinajstić information content (AvgIpc) is 3.21. The van der Waals surface area contributed by atoms with E-state index in [-0.39, 0.29) is 17.9 Å². The number of amides is 1. The van der Waals surface area contributed by atoms with Crippen molar-refractivity contribution in [1.29, 1.82) is 0 Å². The molecule has 1 fully saturated rings. The van der Waals surface area contributed by atoms with E-state index in [4.69, 9.17) is 0 Å². The summed E-state index contributed by atoms with van der Waals surface area (Å²) in [5.74, 6) is -0.00411. The normalized spacial score (nSPS) is 14.4. The van der Waals surface area contributed by atoms with Crippen molar-refractivity contribution in [2.24, 2.45) is 0 Å². The number of aromatic nitrogens is 3. The van der Waals surface area contributed by atoms with Crippen LogP contribution in [0.1, 0.15) is 21.8 Å². The fraction of sp³-hybridized carbons (Fsp3) is 0.381. The van der Waals surface area contributed by atoms with Gasteiger partial charge in [0.2, 0.25) is 11.0 Å². The first-order valence-electron chi connectivity index (χ1n) is 9.76. The van der Waals surface area contributed by atoms with Gasteiger partial charge in [-0.1, -0.05) is 29.5 Å². The Hall–Kier alpha value is -2.87. The highest BCUT2D eigenvalue weighted by molar-refractivity contribution is 7.14. The van der Waals surface area contributed by atoms with Crippen molar-refractivity contribution in [3.8, 4) is 5.13 Å². The maximum atomic E-state index is 12.9. The molecule has 1 aromatic carbocycles. The second-order valence-electron chi connectivity index (χ2n) is 7.37. The van der Waals surface area contributed by atoms with Gasteiger partial charge >= 0.3 is 0 Å². The largest absolute Gasteiger partial charge is 0.368 e. The average molecular weight is 412 g/mol. The van der Waals surface area contributed by atoms with Crippen molar-refractivity contribution in [1.82, 2.24) is 19.7 Å². The molecule has 3 heterocycles. The Morgan fingerprint density at radius 3 is 2.41 bits per heavy atom. The van der Waals surface area contributed by atoms with Crippen LogP contribution in [0.3, 0.4) is 0 Å². The highest BCUT2D eigenvalue weighted by Gasteiger charge is 2.24. The molecule has 0 atom stereocenters. The molecule has 152 valence electrons. The Labute approximate surface area is 173 Å². The minimum atomic E-state index is -0.187. The summed E-state index contributed by atoms with van der Waals surface area (Å²) in [6.07, 6.45) is 0.114. The number of carbonyl (C=O) groups is 1. The molecule has 7 nitrogen and oxygen atoms in total. The second kappa shape index (κ2) is 7.87. The van der Waals surface area contributed by atoms with Crippen molar-refractivity contribution in [3.63, 3.8) is 0 Å². The second-order valence-corrected chi connectivity index (χ2v) is 8.56. The number of hydrogen-bond donors (Lipinski definition) is 1. The predicted molar refractivity (Wildman–Crippen MR) is 115 cm³/mol. The summed E-state index contributed by atoms with van der Waals surface area (Å²) in [5, 5.41) is 3.69. The molecule has 0 radical (unpaired) electrons. The van der Waals surface area contributed by atoms with Crippen LogP contribution in [0, 0.1) is 20.8 Å². The van der Waals surface area contributed by atoms with E-state index in [1.54, 1.807) is 0 Å². The minimum Gasteiger partial charge on any atom is -0.368 e. The van der Waals surface area contributed by atoms with Crippen LogP contribution in [0.25, 0.3) is 5.13 Å². The number of aromatic amines is 1. The van der Waals surface area contributed by atoms with E-state index in [0.29, 0.717) is 23.8 Å². The quantitative estimate of drug-likeness (QED) is 0.716. The van der Waals surface area contributed by atoms with Gasteiger partial charge in [-0.3, -0.25) is 14.7 Å². The molecule has 1 amide bonds. The fourth-order valence-corrected chi connectivity index (χ4v) is 4.46. The molecule has 1 N–H and O–H groups in total. The lowest BCUT2D eigenvalue weighted by Gasteiger charge is -2.36. The smallest absolute Gasteiger partial charge is 0.277 e. The number of rotatable bonds is 4. The van der Waals surface area contributed by atoms with Gasteiger partial charge in [0.15, 0.2) is 0 Å². The minimum absolute atomic E-state index is 0.00411. The number of H-pyrrole nitrogens is 1. The van der Waals surface area contributed by atoms with Crippen LogP contribution in [0.15, 0.2) is 35.1 Å². The van der Waals surface area contributed by atoms with E-state index in [1.807, 2.05) is 43.9 Å². The van der Waals surface area contributed by atoms with Gasteiger partial charge in [-0.05, 0) is 32.9 Å². The molecule has 1 aliphatic rings. The Bertz CT molecular complexity index is 1050. The molecule has 1 saturated heterocycles. The zero-order valence-corrected chi connectivity index (χ0v) is 17.8. The molecule has 0 saturated carbocycles. The van der Waals surface area contributed by atoms with Crippen LogP contribution in [-0.2, 0) is 11.2 Å². The molecule has 0 bridgehead atoms. The highest BCUT2D eigenvalue weighted by atomic mass is 32.1. The first-order valence-corrected chi connectivity index (χ1v) is 10.6. The van der Waals surface area contributed by atoms with Gasteiger partial charge in [-0.25, -0.2) is 4.98 Å². The van der Waals surface area contributed by atoms with Gasteiger partial charge in [-0.15, -0.1) is 0 Å². The van der Waals surface area contributed by atoms with E-state index in [1.165, 1.54) is 21.7 Å². The number of thiazole rings is 1. The highest BCUT2D eigenvalue weighted by Crippen LogP contribution is 2.20. The van der Waals surface area contributed by atoms with Gasteiger partial charge in [0.1, 0.15) is 0 Å². The van der Waals surface area contributed by atoms with E-state index < -0.39 is 0 Å². The zero-order valence-electron chi connectivity index (χ0n) is 16.9. The summed E-state index contributed by atoms with van der Waals surface area (Å²) in [6, 6.07) is 10.2. The van der Waals surface area contributed by atoms with Crippen LogP contribution in [0.5, 0.6) is 0 Å². The third-order valence-electron chi connectivity index (χ3n) is 5.48. The number of nitrogens with zero attached hydrogens (tertiary/aromatic N) is 4.